The third-order valence-corrected chi connectivity index (χ3v) is 5.34. The van der Waals surface area contributed by atoms with Crippen molar-refractivity contribution in [3.8, 4) is 11.5 Å². The first-order valence-electron chi connectivity index (χ1n) is 11.1. The fourth-order valence-corrected chi connectivity index (χ4v) is 3.69. The smallest absolute Gasteiger partial charge is 0.123 e. The molecule has 0 unspecified atom stereocenters. The molecule has 0 fully saturated rings. The van der Waals surface area contributed by atoms with E-state index in [1.807, 2.05) is 42.6 Å². The third-order valence-electron chi connectivity index (χ3n) is 5.34. The van der Waals surface area contributed by atoms with Gasteiger partial charge in [-0.15, -0.1) is 0 Å². The van der Waals surface area contributed by atoms with Gasteiger partial charge < -0.3 is 23.9 Å². The Kier molecular flexibility index (Phi) is 9.75. The van der Waals surface area contributed by atoms with E-state index < -0.39 is 6.10 Å². The molecule has 3 aromatic rings. The van der Waals surface area contributed by atoms with Crippen molar-refractivity contribution < 1.29 is 23.7 Å². The van der Waals surface area contributed by atoms with Crippen LogP contribution in [0.3, 0.4) is 0 Å². The van der Waals surface area contributed by atoms with Gasteiger partial charge >= 0.3 is 0 Å². The van der Waals surface area contributed by atoms with Gasteiger partial charge in [-0.3, -0.25) is 4.90 Å². The summed E-state index contributed by atoms with van der Waals surface area (Å²) in [6.45, 7) is 3.33. The number of hydrogen-bond acceptors (Lipinski definition) is 5. The van der Waals surface area contributed by atoms with Crippen LogP contribution >= 0.6 is 0 Å². The first-order chi connectivity index (χ1) is 16.1. The maximum Gasteiger partial charge on any atom is 0.123 e. The molecule has 178 valence electrons. The van der Waals surface area contributed by atoms with Crippen LogP contribution in [0, 0.1) is 5.82 Å². The van der Waals surface area contributed by atoms with Gasteiger partial charge in [0.25, 0.3) is 0 Å². The molecule has 0 amide bonds. The van der Waals surface area contributed by atoms with Crippen LogP contribution in [0.15, 0.2) is 66.9 Å². The maximum atomic E-state index is 13.6. The van der Waals surface area contributed by atoms with Crippen LogP contribution in [0.25, 0.3) is 0 Å². The monoisotopic (exact) mass is 456 g/mol. The van der Waals surface area contributed by atoms with E-state index in [4.69, 9.17) is 14.2 Å². The molecule has 0 radical (unpaired) electrons. The van der Waals surface area contributed by atoms with Crippen LogP contribution < -0.4 is 9.47 Å². The molecule has 1 N–H and O–H groups in total. The normalized spacial score (nSPS) is 12.2. The van der Waals surface area contributed by atoms with Crippen molar-refractivity contribution in [2.24, 2.45) is 0 Å². The van der Waals surface area contributed by atoms with E-state index in [1.54, 1.807) is 26.4 Å². The quantitative estimate of drug-likeness (QED) is 0.372. The Balaban J connectivity index is 1.59. The molecule has 1 aromatic heterocycles. The van der Waals surface area contributed by atoms with Gasteiger partial charge in [0, 0.05) is 51.8 Å². The molecule has 0 saturated carbocycles. The lowest BCUT2D eigenvalue weighted by Crippen LogP contribution is -2.36. The predicted octanol–water partition coefficient (Wildman–Crippen LogP) is 3.96. The summed E-state index contributed by atoms with van der Waals surface area (Å²) in [5, 5.41) is 10.6. The zero-order valence-corrected chi connectivity index (χ0v) is 19.3. The lowest BCUT2D eigenvalue weighted by Gasteiger charge is -2.26. The van der Waals surface area contributed by atoms with Gasteiger partial charge in [-0.25, -0.2) is 4.39 Å². The van der Waals surface area contributed by atoms with Gasteiger partial charge in [0.15, 0.2) is 0 Å². The zero-order valence-electron chi connectivity index (χ0n) is 19.3. The predicted molar refractivity (Wildman–Crippen MR) is 126 cm³/mol. The van der Waals surface area contributed by atoms with Crippen molar-refractivity contribution in [3.63, 3.8) is 0 Å². The minimum absolute atomic E-state index is 0.192. The van der Waals surface area contributed by atoms with Crippen molar-refractivity contribution in [3.05, 3.63) is 83.9 Å². The molecular weight excluding hydrogens is 423 g/mol. The largest absolute Gasteiger partial charge is 0.497 e. The van der Waals surface area contributed by atoms with Gasteiger partial charge in [-0.2, -0.15) is 0 Å². The summed E-state index contributed by atoms with van der Waals surface area (Å²) in [7, 11) is 3.30. The highest BCUT2D eigenvalue weighted by Crippen LogP contribution is 2.17. The number of hydrogen-bond donors (Lipinski definition) is 1. The molecular formula is C26H33FN2O4. The first kappa shape index (κ1) is 24.8. The highest BCUT2D eigenvalue weighted by molar-refractivity contribution is 5.31. The van der Waals surface area contributed by atoms with Crippen LogP contribution in [-0.4, -0.2) is 61.2 Å². The van der Waals surface area contributed by atoms with Gasteiger partial charge in [0.2, 0.25) is 0 Å². The molecule has 33 heavy (non-hydrogen) atoms. The van der Waals surface area contributed by atoms with Crippen LogP contribution in [0.1, 0.15) is 17.7 Å². The van der Waals surface area contributed by atoms with E-state index in [0.717, 1.165) is 30.0 Å². The average Bonchev–Trinajstić information content (AvgIpc) is 3.24. The summed E-state index contributed by atoms with van der Waals surface area (Å²) in [5.74, 6) is 1.21. The number of halogens is 1. The molecule has 0 bridgehead atoms. The van der Waals surface area contributed by atoms with Crippen LogP contribution in [0.4, 0.5) is 4.39 Å². The molecule has 1 heterocycles. The number of aliphatic hydroxyl groups is 1. The average molecular weight is 457 g/mol. The summed E-state index contributed by atoms with van der Waals surface area (Å²) in [6.07, 6.45) is 2.20. The molecule has 0 aliphatic rings. The summed E-state index contributed by atoms with van der Waals surface area (Å²) in [4.78, 5) is 2.19. The van der Waals surface area contributed by atoms with E-state index in [9.17, 15) is 9.50 Å². The Morgan fingerprint density at radius 2 is 1.82 bits per heavy atom. The molecule has 2 aromatic carbocycles. The van der Waals surface area contributed by atoms with Crippen molar-refractivity contribution in [2.45, 2.75) is 25.6 Å². The Morgan fingerprint density at radius 1 is 1.03 bits per heavy atom. The summed E-state index contributed by atoms with van der Waals surface area (Å²) in [5.41, 5.74) is 2.01. The third kappa shape index (κ3) is 8.20. The lowest BCUT2D eigenvalue weighted by molar-refractivity contribution is 0.0610. The first-order valence-corrected chi connectivity index (χ1v) is 11.1. The highest BCUT2D eigenvalue weighted by Gasteiger charge is 2.15. The summed E-state index contributed by atoms with van der Waals surface area (Å²) < 4.78 is 31.8. The summed E-state index contributed by atoms with van der Waals surface area (Å²) in [6, 6.07) is 18.0. The van der Waals surface area contributed by atoms with E-state index in [0.29, 0.717) is 32.0 Å². The molecule has 3 rings (SSSR count). The maximum absolute atomic E-state index is 13.6. The molecule has 0 aliphatic heterocycles. The molecule has 7 heteroatoms. The Bertz CT molecular complexity index is 961. The molecule has 1 atom stereocenters. The van der Waals surface area contributed by atoms with Crippen molar-refractivity contribution in [1.82, 2.24) is 9.47 Å². The van der Waals surface area contributed by atoms with Gasteiger partial charge in [0.05, 0.1) is 7.11 Å². The van der Waals surface area contributed by atoms with Crippen LogP contribution in [0.2, 0.25) is 0 Å². The second-order valence-corrected chi connectivity index (χ2v) is 7.98. The Labute approximate surface area is 195 Å². The fourth-order valence-electron chi connectivity index (χ4n) is 3.69. The van der Waals surface area contributed by atoms with Gasteiger partial charge in [-0.05, 0) is 60.5 Å². The van der Waals surface area contributed by atoms with Gasteiger partial charge in [0.1, 0.15) is 30.0 Å². The number of benzene rings is 2. The Hall–Kier alpha value is -2.87. The molecule has 6 nitrogen and oxygen atoms in total. The molecule has 0 aliphatic carbocycles. The second kappa shape index (κ2) is 13.0. The number of ether oxygens (including phenoxy) is 3. The van der Waals surface area contributed by atoms with E-state index in [2.05, 4.69) is 15.5 Å². The van der Waals surface area contributed by atoms with Crippen LogP contribution in [0.5, 0.6) is 11.5 Å². The van der Waals surface area contributed by atoms with Crippen LogP contribution in [-0.2, 0) is 17.8 Å². The van der Waals surface area contributed by atoms with Crippen molar-refractivity contribution in [2.75, 3.05) is 40.5 Å². The number of nitrogens with zero attached hydrogens (tertiary/aromatic N) is 2. The van der Waals surface area contributed by atoms with E-state index >= 15 is 0 Å². The number of rotatable bonds is 14. The summed E-state index contributed by atoms with van der Waals surface area (Å²) >= 11 is 0. The second-order valence-electron chi connectivity index (χ2n) is 7.98. The lowest BCUT2D eigenvalue weighted by atomic mass is 10.2. The number of methoxy groups -OCH3 is 2. The highest BCUT2D eigenvalue weighted by atomic mass is 19.1. The number of aromatic nitrogens is 1. The zero-order chi connectivity index (χ0) is 23.5. The molecule has 0 saturated heterocycles. The van der Waals surface area contributed by atoms with E-state index in [1.165, 1.54) is 6.07 Å². The Morgan fingerprint density at radius 3 is 2.55 bits per heavy atom. The fraction of sp³-hybridized carbons (Fsp3) is 0.385. The van der Waals surface area contributed by atoms with Gasteiger partial charge in [-0.1, -0.05) is 12.1 Å². The van der Waals surface area contributed by atoms with E-state index in [-0.39, 0.29) is 12.4 Å². The van der Waals surface area contributed by atoms with Crippen molar-refractivity contribution in [1.29, 1.82) is 0 Å². The SMILES string of the molecule is COCCCN(Cc1cccn1Cc1cccc(F)c1)C[C@H](O)COc1ccc(OC)cc1. The topological polar surface area (TPSA) is 56.1 Å². The number of aliphatic hydroxyl groups excluding tert-OH is 1. The molecule has 0 spiro atoms. The standard InChI is InChI=1S/C26H33FN2O4/c1-31-15-5-13-28(19-24(30)20-33-26-11-9-25(32-2)10-12-26)18-23-8-4-14-29(23)17-21-6-3-7-22(27)16-21/h3-4,6-12,14,16,24,30H,5,13,15,17-20H2,1-2H3/t24-/m0/s1. The van der Waals surface area contributed by atoms with Crippen molar-refractivity contribution >= 4 is 0 Å². The minimum atomic E-state index is -0.652. The minimum Gasteiger partial charge on any atom is -0.497 e.